The van der Waals surface area contributed by atoms with Crippen molar-refractivity contribution >= 4 is 21.7 Å². The van der Waals surface area contributed by atoms with Gasteiger partial charge in [0.05, 0.1) is 22.8 Å². The van der Waals surface area contributed by atoms with Crippen LogP contribution in [0.4, 0.5) is 10.1 Å². The maximum absolute atomic E-state index is 13.5. The number of carboxylic acid groups (broad SMARTS) is 1. The third-order valence-corrected chi connectivity index (χ3v) is 4.28. The number of anilines is 1. The summed E-state index contributed by atoms with van der Waals surface area (Å²) in [5.41, 5.74) is -0.273. The standard InChI is InChI=1S/C15H14FNO5S/c1-2-22-14-9-10(7-8-12(14)16)23(20,21)17-13-6-4-3-5-11(13)15(18)19/h3-9,17H,2H2,1H3,(H,18,19). The van der Waals surface area contributed by atoms with Crippen molar-refractivity contribution < 1.29 is 27.4 Å². The number of para-hydroxylation sites is 1. The lowest BCUT2D eigenvalue weighted by atomic mass is 10.2. The molecule has 8 heteroatoms. The predicted octanol–water partition coefficient (Wildman–Crippen LogP) is 2.72. The number of carboxylic acids is 1. The van der Waals surface area contributed by atoms with E-state index in [9.17, 15) is 17.6 Å². The summed E-state index contributed by atoms with van der Waals surface area (Å²) in [5, 5.41) is 9.08. The minimum absolute atomic E-state index is 0.0812. The first-order valence-corrected chi connectivity index (χ1v) is 8.11. The molecule has 0 heterocycles. The minimum Gasteiger partial charge on any atom is -0.491 e. The van der Waals surface area contributed by atoms with Gasteiger partial charge in [-0.15, -0.1) is 0 Å². The summed E-state index contributed by atoms with van der Waals surface area (Å²) in [7, 11) is -4.09. The van der Waals surface area contributed by atoms with Crippen molar-refractivity contribution in [2.75, 3.05) is 11.3 Å². The topological polar surface area (TPSA) is 92.7 Å². The molecule has 2 rings (SSSR count). The normalized spacial score (nSPS) is 11.0. The number of benzene rings is 2. The fourth-order valence-corrected chi connectivity index (χ4v) is 2.97. The maximum Gasteiger partial charge on any atom is 0.337 e. The third-order valence-electron chi connectivity index (χ3n) is 2.91. The molecule has 0 spiro atoms. The smallest absolute Gasteiger partial charge is 0.337 e. The summed E-state index contributed by atoms with van der Waals surface area (Å²) in [4.78, 5) is 10.9. The molecule has 0 saturated carbocycles. The van der Waals surface area contributed by atoms with Crippen LogP contribution in [0.3, 0.4) is 0 Å². The van der Waals surface area contributed by atoms with Crippen LogP contribution in [0.5, 0.6) is 5.75 Å². The molecule has 0 saturated heterocycles. The number of halogens is 1. The van der Waals surface area contributed by atoms with E-state index in [0.29, 0.717) is 0 Å². The van der Waals surface area contributed by atoms with E-state index in [1.807, 2.05) is 0 Å². The second-order valence-corrected chi connectivity index (χ2v) is 6.16. The van der Waals surface area contributed by atoms with E-state index in [1.165, 1.54) is 24.3 Å². The molecule has 0 aromatic heterocycles. The summed E-state index contributed by atoms with van der Waals surface area (Å²) in [6.45, 7) is 1.82. The number of aromatic carboxylic acids is 1. The highest BCUT2D eigenvalue weighted by Gasteiger charge is 2.20. The molecular formula is C15H14FNO5S. The van der Waals surface area contributed by atoms with Gasteiger partial charge in [-0.2, -0.15) is 0 Å². The van der Waals surface area contributed by atoms with Crippen molar-refractivity contribution in [3.63, 3.8) is 0 Å². The van der Waals surface area contributed by atoms with Gasteiger partial charge < -0.3 is 9.84 Å². The molecule has 0 bridgehead atoms. The van der Waals surface area contributed by atoms with Crippen LogP contribution in [-0.2, 0) is 10.0 Å². The van der Waals surface area contributed by atoms with E-state index in [0.717, 1.165) is 18.2 Å². The van der Waals surface area contributed by atoms with E-state index in [-0.39, 0.29) is 28.5 Å². The molecule has 0 atom stereocenters. The van der Waals surface area contributed by atoms with Gasteiger partial charge in [0.2, 0.25) is 0 Å². The van der Waals surface area contributed by atoms with Gasteiger partial charge in [0, 0.05) is 6.07 Å². The average Bonchev–Trinajstić information content (AvgIpc) is 2.49. The maximum atomic E-state index is 13.5. The number of hydrogen-bond acceptors (Lipinski definition) is 4. The van der Waals surface area contributed by atoms with Crippen LogP contribution >= 0.6 is 0 Å². The first kappa shape index (κ1) is 16.8. The zero-order valence-electron chi connectivity index (χ0n) is 12.1. The molecule has 0 fully saturated rings. The first-order chi connectivity index (χ1) is 10.8. The molecule has 0 unspecified atom stereocenters. The van der Waals surface area contributed by atoms with Crippen molar-refractivity contribution in [1.82, 2.24) is 0 Å². The molecule has 122 valence electrons. The van der Waals surface area contributed by atoms with Gasteiger partial charge in [0.15, 0.2) is 11.6 Å². The Balaban J connectivity index is 2.40. The van der Waals surface area contributed by atoms with E-state index in [1.54, 1.807) is 6.92 Å². The zero-order chi connectivity index (χ0) is 17.0. The molecule has 0 radical (unpaired) electrons. The number of nitrogens with one attached hydrogen (secondary N) is 1. The lowest BCUT2D eigenvalue weighted by Crippen LogP contribution is -2.15. The van der Waals surface area contributed by atoms with E-state index < -0.39 is 21.8 Å². The van der Waals surface area contributed by atoms with Crippen molar-refractivity contribution in [1.29, 1.82) is 0 Å². The number of carbonyl (C=O) groups is 1. The van der Waals surface area contributed by atoms with Crippen LogP contribution in [0.15, 0.2) is 47.4 Å². The Labute approximate surface area is 132 Å². The molecule has 2 aromatic rings. The zero-order valence-corrected chi connectivity index (χ0v) is 12.9. The second kappa shape index (κ2) is 6.66. The van der Waals surface area contributed by atoms with Gasteiger partial charge in [-0.1, -0.05) is 12.1 Å². The average molecular weight is 339 g/mol. The van der Waals surface area contributed by atoms with Gasteiger partial charge in [-0.3, -0.25) is 4.72 Å². The summed E-state index contributed by atoms with van der Waals surface area (Å²) in [6.07, 6.45) is 0. The lowest BCUT2D eigenvalue weighted by molar-refractivity contribution is 0.0698. The summed E-state index contributed by atoms with van der Waals surface area (Å²) < 4.78 is 45.5. The van der Waals surface area contributed by atoms with Gasteiger partial charge in [-0.05, 0) is 31.2 Å². The van der Waals surface area contributed by atoms with Crippen LogP contribution in [0.2, 0.25) is 0 Å². The van der Waals surface area contributed by atoms with E-state index >= 15 is 0 Å². The van der Waals surface area contributed by atoms with Crippen LogP contribution < -0.4 is 9.46 Å². The second-order valence-electron chi connectivity index (χ2n) is 4.48. The molecule has 0 aliphatic rings. The summed E-state index contributed by atoms with van der Waals surface area (Å²) in [6, 6.07) is 8.67. The highest BCUT2D eigenvalue weighted by atomic mass is 32.2. The van der Waals surface area contributed by atoms with Gasteiger partial charge in [-0.25, -0.2) is 17.6 Å². The largest absolute Gasteiger partial charge is 0.491 e. The van der Waals surface area contributed by atoms with Gasteiger partial charge >= 0.3 is 5.97 Å². The molecule has 0 aliphatic carbocycles. The summed E-state index contributed by atoms with van der Waals surface area (Å²) >= 11 is 0. The molecule has 2 N–H and O–H groups in total. The first-order valence-electron chi connectivity index (χ1n) is 6.62. The van der Waals surface area contributed by atoms with Crippen LogP contribution in [0, 0.1) is 5.82 Å². The number of hydrogen-bond donors (Lipinski definition) is 2. The molecule has 0 amide bonds. The third kappa shape index (κ3) is 3.78. The predicted molar refractivity (Wildman–Crippen MR) is 81.8 cm³/mol. The Hall–Kier alpha value is -2.61. The van der Waals surface area contributed by atoms with Crippen LogP contribution in [-0.4, -0.2) is 26.1 Å². The van der Waals surface area contributed by atoms with Crippen molar-refractivity contribution in [3.8, 4) is 5.75 Å². The van der Waals surface area contributed by atoms with Crippen LogP contribution in [0.1, 0.15) is 17.3 Å². The number of ether oxygens (including phenoxy) is 1. The van der Waals surface area contributed by atoms with Crippen LogP contribution in [0.25, 0.3) is 0 Å². The fourth-order valence-electron chi connectivity index (χ4n) is 1.88. The quantitative estimate of drug-likeness (QED) is 0.844. The van der Waals surface area contributed by atoms with E-state index in [2.05, 4.69) is 4.72 Å². The Morgan fingerprint density at radius 2 is 1.96 bits per heavy atom. The molecule has 2 aromatic carbocycles. The highest BCUT2D eigenvalue weighted by Crippen LogP contribution is 2.25. The van der Waals surface area contributed by atoms with Gasteiger partial charge in [0.1, 0.15) is 0 Å². The highest BCUT2D eigenvalue weighted by molar-refractivity contribution is 7.92. The Morgan fingerprint density at radius 3 is 2.61 bits per heavy atom. The fraction of sp³-hybridized carbons (Fsp3) is 0.133. The minimum atomic E-state index is -4.09. The SMILES string of the molecule is CCOc1cc(S(=O)(=O)Nc2ccccc2C(=O)O)ccc1F. The Bertz CT molecular complexity index is 836. The molecule has 6 nitrogen and oxygen atoms in total. The molecule has 23 heavy (non-hydrogen) atoms. The van der Waals surface area contributed by atoms with Crippen molar-refractivity contribution in [2.24, 2.45) is 0 Å². The number of rotatable bonds is 6. The molecule has 0 aliphatic heterocycles. The monoisotopic (exact) mass is 339 g/mol. The summed E-state index contributed by atoms with van der Waals surface area (Å²) in [5.74, 6) is -2.14. The Kier molecular flexibility index (Phi) is 4.85. The van der Waals surface area contributed by atoms with Crippen molar-refractivity contribution in [2.45, 2.75) is 11.8 Å². The lowest BCUT2D eigenvalue weighted by Gasteiger charge is -2.12. The molecular weight excluding hydrogens is 325 g/mol. The number of sulfonamides is 1. The van der Waals surface area contributed by atoms with Crippen molar-refractivity contribution in [3.05, 3.63) is 53.8 Å². The van der Waals surface area contributed by atoms with Gasteiger partial charge in [0.25, 0.3) is 10.0 Å². The van der Waals surface area contributed by atoms with E-state index in [4.69, 9.17) is 9.84 Å². The Morgan fingerprint density at radius 1 is 1.26 bits per heavy atom.